The molecule has 0 aromatic carbocycles. The minimum absolute atomic E-state index is 0.0606. The third-order valence-corrected chi connectivity index (χ3v) is 2.72. The predicted molar refractivity (Wildman–Crippen MR) is 70.1 cm³/mol. The molecule has 0 bridgehead atoms. The van der Waals surface area contributed by atoms with Crippen LogP contribution in [0.4, 0.5) is 0 Å². The lowest BCUT2D eigenvalue weighted by Crippen LogP contribution is -2.40. The van der Waals surface area contributed by atoms with E-state index < -0.39 is 0 Å². The number of ether oxygens (including phenoxy) is 1. The SMILES string of the molecule is CCC(C)NCC(=O)NCCN(C)CCOC. The van der Waals surface area contributed by atoms with Crippen molar-refractivity contribution < 1.29 is 9.53 Å². The maximum atomic E-state index is 11.4. The molecular formula is C12H27N3O2. The molecule has 0 heterocycles. The molecule has 0 fully saturated rings. The van der Waals surface area contributed by atoms with E-state index in [9.17, 15) is 4.79 Å². The van der Waals surface area contributed by atoms with Gasteiger partial charge in [0.25, 0.3) is 0 Å². The van der Waals surface area contributed by atoms with E-state index in [0.29, 0.717) is 19.1 Å². The van der Waals surface area contributed by atoms with Gasteiger partial charge in [-0.25, -0.2) is 0 Å². The first kappa shape index (κ1) is 16.4. The lowest BCUT2D eigenvalue weighted by atomic mass is 10.2. The molecule has 0 aliphatic carbocycles. The molecule has 1 atom stereocenters. The Labute approximate surface area is 105 Å². The van der Waals surface area contributed by atoms with Crippen LogP contribution >= 0.6 is 0 Å². The minimum Gasteiger partial charge on any atom is -0.383 e. The number of rotatable bonds is 10. The second-order valence-electron chi connectivity index (χ2n) is 4.34. The Balaban J connectivity index is 3.44. The van der Waals surface area contributed by atoms with Crippen LogP contribution in [0.15, 0.2) is 0 Å². The van der Waals surface area contributed by atoms with E-state index in [1.165, 1.54) is 0 Å². The molecule has 0 aromatic heterocycles. The number of hydrogen-bond donors (Lipinski definition) is 2. The minimum atomic E-state index is 0.0606. The molecule has 0 radical (unpaired) electrons. The summed E-state index contributed by atoms with van der Waals surface area (Å²) in [7, 11) is 3.71. The van der Waals surface area contributed by atoms with Crippen LogP contribution in [0.1, 0.15) is 20.3 Å². The van der Waals surface area contributed by atoms with Gasteiger partial charge in [-0.3, -0.25) is 4.79 Å². The number of nitrogens with one attached hydrogen (secondary N) is 2. The van der Waals surface area contributed by atoms with Gasteiger partial charge in [-0.2, -0.15) is 0 Å². The van der Waals surface area contributed by atoms with Crippen molar-refractivity contribution in [3.05, 3.63) is 0 Å². The summed E-state index contributed by atoms with van der Waals surface area (Å²) in [6.07, 6.45) is 1.03. The molecule has 5 heteroatoms. The molecule has 2 N–H and O–H groups in total. The van der Waals surface area contributed by atoms with Crippen molar-refractivity contribution in [2.45, 2.75) is 26.3 Å². The zero-order chi connectivity index (χ0) is 13.1. The molecule has 0 saturated heterocycles. The van der Waals surface area contributed by atoms with E-state index in [1.807, 2.05) is 7.05 Å². The summed E-state index contributed by atoms with van der Waals surface area (Å²) in [6.45, 7) is 7.71. The van der Waals surface area contributed by atoms with E-state index in [4.69, 9.17) is 4.74 Å². The molecule has 0 aliphatic rings. The van der Waals surface area contributed by atoms with Crippen molar-refractivity contribution in [3.63, 3.8) is 0 Å². The third-order valence-electron chi connectivity index (χ3n) is 2.72. The van der Waals surface area contributed by atoms with Crippen molar-refractivity contribution in [1.29, 1.82) is 0 Å². The second-order valence-corrected chi connectivity index (χ2v) is 4.34. The molecule has 1 amide bonds. The molecule has 0 rings (SSSR count). The van der Waals surface area contributed by atoms with E-state index in [-0.39, 0.29) is 5.91 Å². The molecule has 0 saturated carbocycles. The molecule has 17 heavy (non-hydrogen) atoms. The zero-order valence-corrected chi connectivity index (χ0v) is 11.6. The first-order chi connectivity index (χ1) is 8.10. The number of methoxy groups -OCH3 is 1. The third kappa shape index (κ3) is 10.2. The van der Waals surface area contributed by atoms with Crippen LogP contribution in [0.2, 0.25) is 0 Å². The summed E-state index contributed by atoms with van der Waals surface area (Å²) >= 11 is 0. The molecule has 0 aliphatic heterocycles. The Hall–Kier alpha value is -0.650. The Bertz CT molecular complexity index is 200. The second kappa shape index (κ2) is 10.5. The van der Waals surface area contributed by atoms with Crippen molar-refractivity contribution in [1.82, 2.24) is 15.5 Å². The fourth-order valence-electron chi connectivity index (χ4n) is 1.22. The van der Waals surface area contributed by atoms with Crippen LogP contribution in [0.5, 0.6) is 0 Å². The first-order valence-corrected chi connectivity index (χ1v) is 6.27. The Morgan fingerprint density at radius 1 is 1.41 bits per heavy atom. The molecule has 1 unspecified atom stereocenters. The topological polar surface area (TPSA) is 53.6 Å². The van der Waals surface area contributed by atoms with Crippen molar-refractivity contribution in [3.8, 4) is 0 Å². The average molecular weight is 245 g/mol. The van der Waals surface area contributed by atoms with Gasteiger partial charge in [0, 0.05) is 32.8 Å². The molecule has 102 valence electrons. The number of likely N-dealkylation sites (N-methyl/N-ethyl adjacent to an activating group) is 1. The zero-order valence-electron chi connectivity index (χ0n) is 11.6. The Morgan fingerprint density at radius 2 is 2.12 bits per heavy atom. The summed E-state index contributed by atoms with van der Waals surface area (Å²) in [6, 6.07) is 0.394. The number of nitrogens with zero attached hydrogens (tertiary/aromatic N) is 1. The quantitative estimate of drug-likeness (QED) is 0.572. The van der Waals surface area contributed by atoms with Crippen LogP contribution < -0.4 is 10.6 Å². The fraction of sp³-hybridized carbons (Fsp3) is 0.917. The fourth-order valence-corrected chi connectivity index (χ4v) is 1.22. The van der Waals surface area contributed by atoms with Crippen molar-refractivity contribution >= 4 is 5.91 Å². The predicted octanol–water partition coefficient (Wildman–Crippen LogP) is 0.0689. The summed E-state index contributed by atoms with van der Waals surface area (Å²) in [5.74, 6) is 0.0606. The van der Waals surface area contributed by atoms with Crippen molar-refractivity contribution in [2.24, 2.45) is 0 Å². The highest BCUT2D eigenvalue weighted by molar-refractivity contribution is 5.77. The van der Waals surface area contributed by atoms with Gasteiger partial charge in [0.2, 0.25) is 5.91 Å². The van der Waals surface area contributed by atoms with Gasteiger partial charge in [0.1, 0.15) is 0 Å². The monoisotopic (exact) mass is 245 g/mol. The van der Waals surface area contributed by atoms with Gasteiger partial charge >= 0.3 is 0 Å². The normalized spacial score (nSPS) is 12.8. The number of carbonyl (C=O) groups excluding carboxylic acids is 1. The van der Waals surface area contributed by atoms with Crippen molar-refractivity contribution in [2.75, 3.05) is 46.9 Å². The molecule has 0 spiro atoms. The van der Waals surface area contributed by atoms with Gasteiger partial charge < -0.3 is 20.3 Å². The standard InChI is InChI=1S/C12H27N3O2/c1-5-11(2)14-10-12(16)13-6-7-15(3)8-9-17-4/h11,14H,5-10H2,1-4H3,(H,13,16). The summed E-state index contributed by atoms with van der Waals surface area (Å²) in [5, 5.41) is 6.04. The average Bonchev–Trinajstić information content (AvgIpc) is 2.33. The van der Waals surface area contributed by atoms with Gasteiger partial charge in [-0.05, 0) is 20.4 Å². The smallest absolute Gasteiger partial charge is 0.234 e. The Morgan fingerprint density at radius 3 is 2.71 bits per heavy atom. The first-order valence-electron chi connectivity index (χ1n) is 6.27. The van der Waals surface area contributed by atoms with Crippen LogP contribution in [-0.2, 0) is 9.53 Å². The lowest BCUT2D eigenvalue weighted by molar-refractivity contribution is -0.120. The van der Waals surface area contributed by atoms with Gasteiger partial charge in [0.15, 0.2) is 0 Å². The molecular weight excluding hydrogens is 218 g/mol. The maximum Gasteiger partial charge on any atom is 0.234 e. The molecule has 0 aromatic rings. The van der Waals surface area contributed by atoms with E-state index in [2.05, 4.69) is 29.4 Å². The van der Waals surface area contributed by atoms with Gasteiger partial charge in [-0.1, -0.05) is 6.92 Å². The highest BCUT2D eigenvalue weighted by Crippen LogP contribution is 1.86. The van der Waals surface area contributed by atoms with E-state index in [1.54, 1.807) is 7.11 Å². The summed E-state index contributed by atoms with van der Waals surface area (Å²) in [4.78, 5) is 13.6. The van der Waals surface area contributed by atoms with Crippen LogP contribution in [-0.4, -0.2) is 63.8 Å². The largest absolute Gasteiger partial charge is 0.383 e. The molecule has 5 nitrogen and oxygen atoms in total. The van der Waals surface area contributed by atoms with E-state index >= 15 is 0 Å². The lowest BCUT2D eigenvalue weighted by Gasteiger charge is -2.16. The summed E-state index contributed by atoms with van der Waals surface area (Å²) < 4.78 is 4.98. The van der Waals surface area contributed by atoms with Crippen LogP contribution in [0.3, 0.4) is 0 Å². The number of carbonyl (C=O) groups is 1. The van der Waals surface area contributed by atoms with Gasteiger partial charge in [-0.15, -0.1) is 0 Å². The highest BCUT2D eigenvalue weighted by Gasteiger charge is 2.04. The van der Waals surface area contributed by atoms with E-state index in [0.717, 1.165) is 26.1 Å². The number of amides is 1. The number of hydrogen-bond acceptors (Lipinski definition) is 4. The highest BCUT2D eigenvalue weighted by atomic mass is 16.5. The van der Waals surface area contributed by atoms with Gasteiger partial charge in [0.05, 0.1) is 13.2 Å². The Kier molecular flexibility index (Phi) is 10.1. The van der Waals surface area contributed by atoms with Crippen LogP contribution in [0, 0.1) is 0 Å². The maximum absolute atomic E-state index is 11.4. The summed E-state index contributed by atoms with van der Waals surface area (Å²) in [5.41, 5.74) is 0. The van der Waals surface area contributed by atoms with Crippen LogP contribution in [0.25, 0.3) is 0 Å².